The topological polar surface area (TPSA) is 46.4 Å². The maximum absolute atomic E-state index is 12.8. The van der Waals surface area contributed by atoms with E-state index in [1.165, 1.54) is 17.8 Å². The molecule has 0 spiro atoms. The molecule has 2 rings (SSSR count). The van der Waals surface area contributed by atoms with Crippen LogP contribution in [-0.2, 0) is 18.3 Å². The molecule has 0 atom stereocenters. The Bertz CT molecular complexity index is 795. The van der Waals surface area contributed by atoms with Crippen LogP contribution in [0.4, 0.5) is 18.9 Å². The molecule has 0 amide bonds. The van der Waals surface area contributed by atoms with Crippen molar-refractivity contribution in [2.75, 3.05) is 20.6 Å². The molecule has 0 radical (unpaired) electrons. The zero-order valence-electron chi connectivity index (χ0n) is 15.1. The molecule has 2 aromatic carbocycles. The van der Waals surface area contributed by atoms with Crippen LogP contribution in [0.25, 0.3) is 0 Å². The van der Waals surface area contributed by atoms with Gasteiger partial charge in [0.15, 0.2) is 0 Å². The van der Waals surface area contributed by atoms with E-state index in [-0.39, 0.29) is 11.4 Å². The van der Waals surface area contributed by atoms with Crippen LogP contribution in [0.5, 0.6) is 0 Å². The van der Waals surface area contributed by atoms with Crippen molar-refractivity contribution in [1.82, 2.24) is 4.90 Å². The largest absolute Gasteiger partial charge is 0.416 e. The normalized spacial score (nSPS) is 11.8. The molecule has 8 heteroatoms. The molecule has 2 aromatic rings. The molecule has 0 heterocycles. The Labute approximate surface area is 160 Å². The fraction of sp³-hybridized carbons (Fsp3) is 0.368. The molecule has 0 saturated heterocycles. The van der Waals surface area contributed by atoms with Gasteiger partial charge in [0.05, 0.1) is 15.4 Å². The van der Waals surface area contributed by atoms with Crippen molar-refractivity contribution in [3.63, 3.8) is 0 Å². The van der Waals surface area contributed by atoms with Crippen molar-refractivity contribution in [1.29, 1.82) is 0 Å². The van der Waals surface area contributed by atoms with Gasteiger partial charge in [0.25, 0.3) is 5.69 Å². The van der Waals surface area contributed by atoms with Gasteiger partial charge in [-0.1, -0.05) is 24.3 Å². The highest BCUT2D eigenvalue weighted by Gasteiger charge is 2.30. The molecule has 146 valence electrons. The van der Waals surface area contributed by atoms with Crippen molar-refractivity contribution < 1.29 is 18.1 Å². The second kappa shape index (κ2) is 9.23. The minimum Gasteiger partial charge on any atom is -0.309 e. The molecule has 0 N–H and O–H groups in total. The van der Waals surface area contributed by atoms with Crippen LogP contribution >= 0.6 is 11.8 Å². The first-order valence-corrected chi connectivity index (χ1v) is 9.36. The zero-order valence-corrected chi connectivity index (χ0v) is 15.9. The molecule has 4 nitrogen and oxygen atoms in total. The van der Waals surface area contributed by atoms with Crippen LogP contribution in [0.15, 0.2) is 47.4 Å². The van der Waals surface area contributed by atoms with Crippen LogP contribution in [0, 0.1) is 10.1 Å². The number of nitrogens with zero attached hydrogens (tertiary/aromatic N) is 2. The van der Waals surface area contributed by atoms with Crippen molar-refractivity contribution in [3.05, 3.63) is 69.3 Å². The summed E-state index contributed by atoms with van der Waals surface area (Å²) in [6, 6.07) is 10.1. The van der Waals surface area contributed by atoms with Crippen molar-refractivity contribution in [2.24, 2.45) is 0 Å². The Kier molecular flexibility index (Phi) is 7.26. The van der Waals surface area contributed by atoms with Gasteiger partial charge in [-0.05, 0) is 56.7 Å². The van der Waals surface area contributed by atoms with Gasteiger partial charge in [0, 0.05) is 11.8 Å². The lowest BCUT2D eigenvalue weighted by Crippen LogP contribution is -2.13. The van der Waals surface area contributed by atoms with Gasteiger partial charge in [-0.3, -0.25) is 10.1 Å². The maximum Gasteiger partial charge on any atom is 0.416 e. The first-order chi connectivity index (χ1) is 12.7. The van der Waals surface area contributed by atoms with Gasteiger partial charge in [-0.2, -0.15) is 13.2 Å². The van der Waals surface area contributed by atoms with Gasteiger partial charge in [-0.25, -0.2) is 0 Å². The van der Waals surface area contributed by atoms with E-state index >= 15 is 0 Å². The van der Waals surface area contributed by atoms with Crippen LogP contribution in [0.1, 0.15) is 23.1 Å². The summed E-state index contributed by atoms with van der Waals surface area (Å²) in [5, 5.41) is 11.4. The lowest BCUT2D eigenvalue weighted by Gasteiger charge is -2.10. The van der Waals surface area contributed by atoms with E-state index in [4.69, 9.17) is 0 Å². The predicted octanol–water partition coefficient (Wildman–Crippen LogP) is 5.40. The van der Waals surface area contributed by atoms with E-state index in [1.54, 1.807) is 18.2 Å². The molecule has 0 saturated carbocycles. The summed E-state index contributed by atoms with van der Waals surface area (Å²) in [6.07, 6.45) is -2.78. The van der Waals surface area contributed by atoms with E-state index in [1.807, 2.05) is 25.1 Å². The van der Waals surface area contributed by atoms with E-state index in [9.17, 15) is 23.3 Å². The summed E-state index contributed by atoms with van der Waals surface area (Å²) in [5.41, 5.74) is 0.631. The van der Waals surface area contributed by atoms with Crippen LogP contribution in [0.3, 0.4) is 0 Å². The highest BCUT2D eigenvalue weighted by molar-refractivity contribution is 7.98. The Morgan fingerprint density at radius 2 is 1.85 bits per heavy atom. The molecule has 27 heavy (non-hydrogen) atoms. The standard InChI is InChI=1S/C19H21F3N2O2S/c1-23(2)10-4-6-14-8-9-18(17(12-14)24(25)26)27-13-15-5-3-7-16(11-15)19(20,21)22/h3,5,7-9,11-12H,4,6,10,13H2,1-2H3. The molecule has 0 bridgehead atoms. The third-order valence-corrected chi connectivity index (χ3v) is 5.07. The molecular weight excluding hydrogens is 377 g/mol. The minimum atomic E-state index is -4.40. The quantitative estimate of drug-likeness (QED) is 0.339. The molecule has 0 aliphatic rings. The lowest BCUT2D eigenvalue weighted by molar-refractivity contribution is -0.387. The second-order valence-electron chi connectivity index (χ2n) is 6.45. The van der Waals surface area contributed by atoms with E-state index in [0.717, 1.165) is 37.1 Å². The molecule has 0 aromatic heterocycles. The number of hydrogen-bond donors (Lipinski definition) is 0. The molecule has 0 unspecified atom stereocenters. The van der Waals surface area contributed by atoms with Crippen LogP contribution in [-0.4, -0.2) is 30.5 Å². The summed E-state index contributed by atoms with van der Waals surface area (Å²) >= 11 is 1.17. The van der Waals surface area contributed by atoms with Crippen LogP contribution in [0.2, 0.25) is 0 Å². The summed E-state index contributed by atoms with van der Waals surface area (Å²) in [6.45, 7) is 0.889. The number of rotatable bonds is 8. The number of nitro benzene ring substituents is 1. The SMILES string of the molecule is CN(C)CCCc1ccc(SCc2cccc(C(F)(F)F)c2)c([N+](=O)[O-])c1. The fourth-order valence-corrected chi connectivity index (χ4v) is 3.53. The van der Waals surface area contributed by atoms with Crippen molar-refractivity contribution in [3.8, 4) is 0 Å². The van der Waals surface area contributed by atoms with Gasteiger partial charge in [-0.15, -0.1) is 11.8 Å². The minimum absolute atomic E-state index is 0.00525. The molecule has 0 fully saturated rings. The Hall–Kier alpha value is -2.06. The second-order valence-corrected chi connectivity index (χ2v) is 7.47. The first kappa shape index (κ1) is 21.2. The van der Waals surface area contributed by atoms with Gasteiger partial charge >= 0.3 is 6.18 Å². The average Bonchev–Trinajstić information content (AvgIpc) is 2.59. The first-order valence-electron chi connectivity index (χ1n) is 8.38. The summed E-state index contributed by atoms with van der Waals surface area (Å²) in [4.78, 5) is 13.4. The monoisotopic (exact) mass is 398 g/mol. The molecule has 0 aliphatic heterocycles. The molecular formula is C19H21F3N2O2S. The Balaban J connectivity index is 2.10. The Morgan fingerprint density at radius 1 is 1.11 bits per heavy atom. The number of nitro groups is 1. The summed E-state index contributed by atoms with van der Waals surface area (Å²) < 4.78 is 38.4. The smallest absolute Gasteiger partial charge is 0.309 e. The number of halogens is 3. The van der Waals surface area contributed by atoms with Crippen LogP contribution < -0.4 is 0 Å². The van der Waals surface area contributed by atoms with E-state index < -0.39 is 16.7 Å². The highest BCUT2D eigenvalue weighted by atomic mass is 32.2. The van der Waals surface area contributed by atoms with Crippen molar-refractivity contribution in [2.45, 2.75) is 29.7 Å². The third-order valence-electron chi connectivity index (χ3n) is 3.94. The number of benzene rings is 2. The number of hydrogen-bond acceptors (Lipinski definition) is 4. The summed E-state index contributed by atoms with van der Waals surface area (Å²) in [7, 11) is 3.94. The maximum atomic E-state index is 12.8. The van der Waals surface area contributed by atoms with Crippen molar-refractivity contribution >= 4 is 17.4 Å². The lowest BCUT2D eigenvalue weighted by atomic mass is 10.1. The number of alkyl halides is 3. The van der Waals surface area contributed by atoms with E-state index in [2.05, 4.69) is 0 Å². The van der Waals surface area contributed by atoms with E-state index in [0.29, 0.717) is 10.5 Å². The number of thioether (sulfide) groups is 1. The highest BCUT2D eigenvalue weighted by Crippen LogP contribution is 2.34. The third kappa shape index (κ3) is 6.55. The average molecular weight is 398 g/mol. The number of aryl methyl sites for hydroxylation is 1. The van der Waals surface area contributed by atoms with Gasteiger partial charge in [0.2, 0.25) is 0 Å². The Morgan fingerprint density at radius 3 is 2.48 bits per heavy atom. The molecule has 0 aliphatic carbocycles. The predicted molar refractivity (Wildman–Crippen MR) is 101 cm³/mol. The fourth-order valence-electron chi connectivity index (χ4n) is 2.58. The summed E-state index contributed by atoms with van der Waals surface area (Å²) in [5.74, 6) is 0.227. The zero-order chi connectivity index (χ0) is 20.0. The van der Waals surface area contributed by atoms with Gasteiger partial charge < -0.3 is 4.90 Å². The van der Waals surface area contributed by atoms with Gasteiger partial charge in [0.1, 0.15) is 0 Å².